The van der Waals surface area contributed by atoms with Gasteiger partial charge in [-0.15, -0.1) is 0 Å². The predicted octanol–water partition coefficient (Wildman–Crippen LogP) is 3.67. The lowest BCUT2D eigenvalue weighted by Gasteiger charge is -2.35. The molecule has 1 aromatic carbocycles. The Balaban J connectivity index is 2.32. The smallest absolute Gasteiger partial charge is 0.123 e. The van der Waals surface area contributed by atoms with E-state index in [0.717, 1.165) is 12.2 Å². The molecule has 2 nitrogen and oxygen atoms in total. The number of hydrogen-bond acceptors (Lipinski definition) is 2. The van der Waals surface area contributed by atoms with Gasteiger partial charge in [-0.3, -0.25) is 0 Å². The first-order valence-electron chi connectivity index (χ1n) is 6.62. The summed E-state index contributed by atoms with van der Waals surface area (Å²) >= 11 is 0. The van der Waals surface area contributed by atoms with E-state index >= 15 is 0 Å². The fourth-order valence-corrected chi connectivity index (χ4v) is 3.22. The van der Waals surface area contributed by atoms with Crippen molar-refractivity contribution in [2.24, 2.45) is 11.1 Å². The van der Waals surface area contributed by atoms with Gasteiger partial charge >= 0.3 is 0 Å². The van der Waals surface area contributed by atoms with Crippen molar-refractivity contribution in [1.29, 1.82) is 0 Å². The third kappa shape index (κ3) is 2.19. The van der Waals surface area contributed by atoms with Crippen LogP contribution in [0.1, 0.15) is 50.6 Å². The first-order chi connectivity index (χ1) is 8.23. The summed E-state index contributed by atoms with van der Waals surface area (Å²) in [7, 11) is 1.72. The Labute approximate surface area is 104 Å². The van der Waals surface area contributed by atoms with Gasteiger partial charge in [0.15, 0.2) is 0 Å². The van der Waals surface area contributed by atoms with Crippen LogP contribution < -0.4 is 10.5 Å². The highest BCUT2D eigenvalue weighted by molar-refractivity contribution is 5.37. The number of hydrogen-bond donors (Lipinski definition) is 1. The Morgan fingerprint density at radius 1 is 1.29 bits per heavy atom. The zero-order chi connectivity index (χ0) is 12.3. The van der Waals surface area contributed by atoms with Gasteiger partial charge in [0, 0.05) is 11.6 Å². The van der Waals surface area contributed by atoms with Crippen molar-refractivity contribution in [2.45, 2.75) is 45.1 Å². The second kappa shape index (κ2) is 5.09. The average Bonchev–Trinajstić information content (AvgIpc) is 2.88. The van der Waals surface area contributed by atoms with Crippen LogP contribution >= 0.6 is 0 Å². The molecule has 2 N–H and O–H groups in total. The van der Waals surface area contributed by atoms with Gasteiger partial charge in [-0.25, -0.2) is 0 Å². The quantitative estimate of drug-likeness (QED) is 0.861. The van der Waals surface area contributed by atoms with Crippen LogP contribution in [0.3, 0.4) is 0 Å². The Hall–Kier alpha value is -1.02. The molecule has 1 aliphatic carbocycles. The number of benzene rings is 1. The largest absolute Gasteiger partial charge is 0.496 e. The van der Waals surface area contributed by atoms with E-state index in [1.165, 1.54) is 31.2 Å². The number of nitrogens with two attached hydrogens (primary N) is 1. The Bertz CT molecular complexity index is 369. The summed E-state index contributed by atoms with van der Waals surface area (Å²) in [4.78, 5) is 0. The molecule has 2 heteroatoms. The van der Waals surface area contributed by atoms with Crippen molar-refractivity contribution in [3.05, 3.63) is 29.8 Å². The lowest BCUT2D eigenvalue weighted by Crippen LogP contribution is -2.32. The summed E-state index contributed by atoms with van der Waals surface area (Å²) in [6.07, 6.45) is 6.30. The van der Waals surface area contributed by atoms with E-state index in [1.807, 2.05) is 12.1 Å². The summed E-state index contributed by atoms with van der Waals surface area (Å²) < 4.78 is 5.44. The second-order valence-electron chi connectivity index (χ2n) is 5.14. The van der Waals surface area contributed by atoms with E-state index in [0.29, 0.717) is 0 Å². The normalized spacial score (nSPS) is 20.2. The molecule has 1 atom stereocenters. The summed E-state index contributed by atoms with van der Waals surface area (Å²) in [5, 5.41) is 0. The highest BCUT2D eigenvalue weighted by Crippen LogP contribution is 2.50. The molecule has 0 heterocycles. The topological polar surface area (TPSA) is 35.2 Å². The van der Waals surface area contributed by atoms with Crippen LogP contribution in [-0.4, -0.2) is 7.11 Å². The minimum Gasteiger partial charge on any atom is -0.496 e. The number of rotatable bonds is 4. The van der Waals surface area contributed by atoms with Crippen molar-refractivity contribution >= 4 is 0 Å². The van der Waals surface area contributed by atoms with Gasteiger partial charge in [0.05, 0.1) is 7.11 Å². The van der Waals surface area contributed by atoms with Gasteiger partial charge in [-0.1, -0.05) is 38.0 Å². The molecule has 0 aromatic heterocycles. The molecular formula is C15H23NO. The van der Waals surface area contributed by atoms with Crippen molar-refractivity contribution < 1.29 is 4.74 Å². The molecule has 17 heavy (non-hydrogen) atoms. The van der Waals surface area contributed by atoms with Crippen LogP contribution in [0.25, 0.3) is 0 Å². The van der Waals surface area contributed by atoms with Gasteiger partial charge in [0.1, 0.15) is 5.75 Å². The molecule has 0 spiro atoms. The maximum absolute atomic E-state index is 6.54. The maximum atomic E-state index is 6.54. The predicted molar refractivity (Wildman–Crippen MR) is 71.1 cm³/mol. The Kier molecular flexibility index (Phi) is 3.72. The molecule has 0 amide bonds. The SMILES string of the molecule is CCC1(C(N)c2ccccc2OC)CCCC1. The number of ether oxygens (including phenoxy) is 1. The highest BCUT2D eigenvalue weighted by Gasteiger charge is 2.39. The van der Waals surface area contributed by atoms with Gasteiger partial charge in [-0.05, 0) is 30.7 Å². The minimum absolute atomic E-state index is 0.103. The van der Waals surface area contributed by atoms with Crippen molar-refractivity contribution in [3.63, 3.8) is 0 Å². The Morgan fingerprint density at radius 2 is 1.94 bits per heavy atom. The van der Waals surface area contributed by atoms with Crippen LogP contribution in [-0.2, 0) is 0 Å². The molecular weight excluding hydrogens is 210 g/mol. The fraction of sp³-hybridized carbons (Fsp3) is 0.600. The van der Waals surface area contributed by atoms with Gasteiger partial charge in [0.25, 0.3) is 0 Å². The van der Waals surface area contributed by atoms with Gasteiger partial charge < -0.3 is 10.5 Å². The standard InChI is InChI=1S/C15H23NO/c1-3-15(10-6-7-11-15)14(16)12-8-4-5-9-13(12)17-2/h4-5,8-9,14H,3,6-7,10-11,16H2,1-2H3. The zero-order valence-electron chi connectivity index (χ0n) is 10.9. The van der Waals surface area contributed by atoms with E-state index in [1.54, 1.807) is 7.11 Å². The number of para-hydroxylation sites is 1. The van der Waals surface area contributed by atoms with E-state index in [2.05, 4.69) is 19.1 Å². The first kappa shape index (κ1) is 12.4. The summed E-state index contributed by atoms with van der Waals surface area (Å²) in [6.45, 7) is 2.26. The van der Waals surface area contributed by atoms with E-state index in [9.17, 15) is 0 Å². The highest BCUT2D eigenvalue weighted by atomic mass is 16.5. The maximum Gasteiger partial charge on any atom is 0.123 e. The lowest BCUT2D eigenvalue weighted by molar-refractivity contribution is 0.218. The molecule has 0 saturated heterocycles. The molecule has 0 aliphatic heterocycles. The lowest BCUT2D eigenvalue weighted by atomic mass is 9.74. The van der Waals surface area contributed by atoms with Gasteiger partial charge in [-0.2, -0.15) is 0 Å². The molecule has 1 aliphatic rings. The summed E-state index contributed by atoms with van der Waals surface area (Å²) in [6, 6.07) is 8.27. The molecule has 1 unspecified atom stereocenters. The van der Waals surface area contributed by atoms with Crippen LogP contribution in [0, 0.1) is 5.41 Å². The molecule has 1 aromatic rings. The molecule has 94 valence electrons. The van der Waals surface area contributed by atoms with E-state index in [-0.39, 0.29) is 11.5 Å². The fourth-order valence-electron chi connectivity index (χ4n) is 3.22. The third-order valence-corrected chi connectivity index (χ3v) is 4.44. The number of methoxy groups -OCH3 is 1. The third-order valence-electron chi connectivity index (χ3n) is 4.44. The molecule has 1 saturated carbocycles. The summed E-state index contributed by atoms with van der Waals surface area (Å²) in [5.41, 5.74) is 7.99. The van der Waals surface area contributed by atoms with Crippen molar-refractivity contribution in [2.75, 3.05) is 7.11 Å². The zero-order valence-corrected chi connectivity index (χ0v) is 10.9. The average molecular weight is 233 g/mol. The second-order valence-corrected chi connectivity index (χ2v) is 5.14. The van der Waals surface area contributed by atoms with Crippen molar-refractivity contribution in [3.8, 4) is 5.75 Å². The summed E-state index contributed by atoms with van der Waals surface area (Å²) in [5.74, 6) is 0.930. The monoisotopic (exact) mass is 233 g/mol. The van der Waals surface area contributed by atoms with Crippen LogP contribution in [0.5, 0.6) is 5.75 Å². The van der Waals surface area contributed by atoms with Crippen LogP contribution in [0.4, 0.5) is 0 Å². The van der Waals surface area contributed by atoms with Crippen LogP contribution in [0.2, 0.25) is 0 Å². The molecule has 0 bridgehead atoms. The molecule has 1 fully saturated rings. The van der Waals surface area contributed by atoms with Crippen LogP contribution in [0.15, 0.2) is 24.3 Å². The van der Waals surface area contributed by atoms with E-state index in [4.69, 9.17) is 10.5 Å². The Morgan fingerprint density at radius 3 is 2.53 bits per heavy atom. The van der Waals surface area contributed by atoms with E-state index < -0.39 is 0 Å². The van der Waals surface area contributed by atoms with Crippen molar-refractivity contribution in [1.82, 2.24) is 0 Å². The first-order valence-corrected chi connectivity index (χ1v) is 6.62. The minimum atomic E-state index is 0.103. The molecule has 2 rings (SSSR count). The molecule has 0 radical (unpaired) electrons. The van der Waals surface area contributed by atoms with Gasteiger partial charge in [0.2, 0.25) is 0 Å².